The average Bonchev–Trinajstić information content (AvgIpc) is 2.73. The molecular weight excluding hydrogens is 190 g/mol. The highest BCUT2D eigenvalue weighted by Gasteiger charge is 2.37. The van der Waals surface area contributed by atoms with Gasteiger partial charge in [0.1, 0.15) is 0 Å². The molecule has 2 aliphatic rings. The van der Waals surface area contributed by atoms with Gasteiger partial charge in [-0.2, -0.15) is 0 Å². The molecule has 4 atom stereocenters. The van der Waals surface area contributed by atoms with Gasteiger partial charge >= 0.3 is 0 Å². The van der Waals surface area contributed by atoms with Crippen molar-refractivity contribution < 1.29 is 10.2 Å². The normalized spacial score (nSPS) is 39.8. The topological polar surface area (TPSA) is 43.7 Å². The SMILES string of the molecule is CC(O)CC1CCCN1C1CCCC1O. The fourth-order valence-electron chi connectivity index (χ4n) is 3.25. The van der Waals surface area contributed by atoms with Crippen LogP contribution in [0.3, 0.4) is 0 Å². The highest BCUT2D eigenvalue weighted by Crippen LogP contribution is 2.31. The van der Waals surface area contributed by atoms with Crippen molar-refractivity contribution in [2.75, 3.05) is 6.54 Å². The second-order valence-corrected chi connectivity index (χ2v) is 5.18. The van der Waals surface area contributed by atoms with Crippen molar-refractivity contribution in [3.05, 3.63) is 0 Å². The highest BCUT2D eigenvalue weighted by atomic mass is 16.3. The molecule has 0 aromatic carbocycles. The van der Waals surface area contributed by atoms with E-state index in [4.69, 9.17) is 0 Å². The molecule has 2 rings (SSSR count). The summed E-state index contributed by atoms with van der Waals surface area (Å²) >= 11 is 0. The van der Waals surface area contributed by atoms with Crippen molar-refractivity contribution in [3.8, 4) is 0 Å². The van der Waals surface area contributed by atoms with Gasteiger partial charge < -0.3 is 10.2 Å². The van der Waals surface area contributed by atoms with Crippen LogP contribution in [0.4, 0.5) is 0 Å². The molecule has 1 heterocycles. The molecule has 1 aliphatic carbocycles. The number of aliphatic hydroxyl groups is 2. The predicted molar refractivity (Wildman–Crippen MR) is 59.7 cm³/mol. The number of nitrogens with zero attached hydrogens (tertiary/aromatic N) is 1. The van der Waals surface area contributed by atoms with E-state index in [0.717, 1.165) is 32.2 Å². The molecule has 88 valence electrons. The van der Waals surface area contributed by atoms with E-state index in [1.165, 1.54) is 12.8 Å². The van der Waals surface area contributed by atoms with Gasteiger partial charge in [-0.15, -0.1) is 0 Å². The monoisotopic (exact) mass is 213 g/mol. The predicted octanol–water partition coefficient (Wildman–Crippen LogP) is 1.14. The van der Waals surface area contributed by atoms with E-state index in [1.807, 2.05) is 6.92 Å². The van der Waals surface area contributed by atoms with Crippen molar-refractivity contribution in [3.63, 3.8) is 0 Å². The molecule has 0 spiro atoms. The summed E-state index contributed by atoms with van der Waals surface area (Å²) in [6.07, 6.45) is 6.19. The van der Waals surface area contributed by atoms with Crippen molar-refractivity contribution >= 4 is 0 Å². The third-order valence-corrected chi connectivity index (χ3v) is 3.91. The molecule has 0 aromatic rings. The Morgan fingerprint density at radius 3 is 2.67 bits per heavy atom. The van der Waals surface area contributed by atoms with Crippen LogP contribution >= 0.6 is 0 Å². The summed E-state index contributed by atoms with van der Waals surface area (Å²) in [5, 5.41) is 19.3. The van der Waals surface area contributed by atoms with E-state index in [-0.39, 0.29) is 12.2 Å². The summed E-state index contributed by atoms with van der Waals surface area (Å²) in [6, 6.07) is 0.874. The molecule has 1 saturated heterocycles. The smallest absolute Gasteiger partial charge is 0.0695 e. The Kier molecular flexibility index (Phi) is 3.65. The zero-order valence-corrected chi connectivity index (χ0v) is 9.60. The molecule has 0 bridgehead atoms. The number of likely N-dealkylation sites (tertiary alicyclic amines) is 1. The standard InChI is InChI=1S/C12H23NO2/c1-9(14)8-10-4-3-7-13(10)11-5-2-6-12(11)15/h9-12,14-15H,2-8H2,1H3. The van der Waals surface area contributed by atoms with Crippen LogP contribution < -0.4 is 0 Å². The Morgan fingerprint density at radius 1 is 1.27 bits per heavy atom. The lowest BCUT2D eigenvalue weighted by Crippen LogP contribution is -2.44. The molecule has 3 heteroatoms. The molecule has 0 radical (unpaired) electrons. The molecule has 0 amide bonds. The fourth-order valence-corrected chi connectivity index (χ4v) is 3.25. The van der Waals surface area contributed by atoms with Crippen LogP contribution in [0, 0.1) is 0 Å². The van der Waals surface area contributed by atoms with E-state index < -0.39 is 0 Å². The lowest BCUT2D eigenvalue weighted by molar-refractivity contribution is 0.0466. The quantitative estimate of drug-likeness (QED) is 0.739. The van der Waals surface area contributed by atoms with Gasteiger partial charge in [0.05, 0.1) is 12.2 Å². The maximum Gasteiger partial charge on any atom is 0.0695 e. The van der Waals surface area contributed by atoms with Gasteiger partial charge in [-0.05, 0) is 52.0 Å². The Labute approximate surface area is 92.1 Å². The minimum Gasteiger partial charge on any atom is -0.393 e. The molecule has 1 saturated carbocycles. The number of hydrogen-bond donors (Lipinski definition) is 2. The highest BCUT2D eigenvalue weighted by molar-refractivity contribution is 4.92. The molecule has 3 nitrogen and oxygen atoms in total. The van der Waals surface area contributed by atoms with Gasteiger partial charge in [-0.1, -0.05) is 0 Å². The summed E-state index contributed by atoms with van der Waals surface area (Å²) in [4.78, 5) is 2.45. The van der Waals surface area contributed by atoms with Crippen LogP contribution in [0.5, 0.6) is 0 Å². The van der Waals surface area contributed by atoms with E-state index in [2.05, 4.69) is 4.90 Å². The summed E-state index contributed by atoms with van der Waals surface area (Å²) in [5.74, 6) is 0. The summed E-state index contributed by atoms with van der Waals surface area (Å²) in [7, 11) is 0. The first-order valence-electron chi connectivity index (χ1n) is 6.30. The number of rotatable bonds is 3. The van der Waals surface area contributed by atoms with E-state index in [9.17, 15) is 10.2 Å². The van der Waals surface area contributed by atoms with E-state index in [0.29, 0.717) is 12.1 Å². The van der Waals surface area contributed by atoms with Crippen molar-refractivity contribution in [2.24, 2.45) is 0 Å². The Balaban J connectivity index is 1.94. The lowest BCUT2D eigenvalue weighted by Gasteiger charge is -2.33. The zero-order chi connectivity index (χ0) is 10.8. The van der Waals surface area contributed by atoms with Crippen molar-refractivity contribution in [1.29, 1.82) is 0 Å². The maximum absolute atomic E-state index is 9.90. The van der Waals surface area contributed by atoms with Crippen molar-refractivity contribution in [1.82, 2.24) is 4.90 Å². The maximum atomic E-state index is 9.90. The van der Waals surface area contributed by atoms with Crippen LogP contribution in [0.2, 0.25) is 0 Å². The van der Waals surface area contributed by atoms with Gasteiger partial charge in [-0.3, -0.25) is 4.90 Å². The fraction of sp³-hybridized carbons (Fsp3) is 1.00. The molecule has 0 aromatic heterocycles. The van der Waals surface area contributed by atoms with E-state index >= 15 is 0 Å². The summed E-state index contributed by atoms with van der Waals surface area (Å²) in [5.41, 5.74) is 0. The van der Waals surface area contributed by atoms with Gasteiger partial charge in [0, 0.05) is 12.1 Å². The summed E-state index contributed by atoms with van der Waals surface area (Å²) < 4.78 is 0. The third-order valence-electron chi connectivity index (χ3n) is 3.91. The molecular formula is C12H23NO2. The molecule has 15 heavy (non-hydrogen) atoms. The second-order valence-electron chi connectivity index (χ2n) is 5.18. The number of hydrogen-bond acceptors (Lipinski definition) is 3. The van der Waals surface area contributed by atoms with Gasteiger partial charge in [0.25, 0.3) is 0 Å². The van der Waals surface area contributed by atoms with Gasteiger partial charge in [0.15, 0.2) is 0 Å². The van der Waals surface area contributed by atoms with Crippen LogP contribution in [0.15, 0.2) is 0 Å². The van der Waals surface area contributed by atoms with Gasteiger partial charge in [0.2, 0.25) is 0 Å². The second kappa shape index (κ2) is 4.81. The average molecular weight is 213 g/mol. The summed E-state index contributed by atoms with van der Waals surface area (Å²) in [6.45, 7) is 2.97. The largest absolute Gasteiger partial charge is 0.393 e. The number of aliphatic hydroxyl groups excluding tert-OH is 2. The van der Waals surface area contributed by atoms with Crippen LogP contribution in [0.1, 0.15) is 45.4 Å². The third kappa shape index (κ3) is 2.52. The van der Waals surface area contributed by atoms with E-state index in [1.54, 1.807) is 0 Å². The Bertz CT molecular complexity index is 208. The minimum atomic E-state index is -0.214. The Morgan fingerprint density at radius 2 is 2.07 bits per heavy atom. The van der Waals surface area contributed by atoms with Crippen LogP contribution in [-0.2, 0) is 0 Å². The first-order valence-corrected chi connectivity index (χ1v) is 6.30. The Hall–Kier alpha value is -0.120. The van der Waals surface area contributed by atoms with Crippen LogP contribution in [-0.4, -0.2) is 45.9 Å². The molecule has 4 unspecified atom stereocenters. The first kappa shape index (κ1) is 11.4. The molecule has 1 aliphatic heterocycles. The lowest BCUT2D eigenvalue weighted by atomic mass is 10.1. The van der Waals surface area contributed by atoms with Crippen LogP contribution in [0.25, 0.3) is 0 Å². The molecule has 2 N–H and O–H groups in total. The zero-order valence-electron chi connectivity index (χ0n) is 9.60. The van der Waals surface area contributed by atoms with Gasteiger partial charge in [-0.25, -0.2) is 0 Å². The van der Waals surface area contributed by atoms with Crippen molar-refractivity contribution in [2.45, 2.75) is 69.7 Å². The molecule has 2 fully saturated rings. The first-order chi connectivity index (χ1) is 7.18. The minimum absolute atomic E-state index is 0.125.